The Bertz CT molecular complexity index is 1180. The van der Waals surface area contributed by atoms with Gasteiger partial charge in [0.15, 0.2) is 5.69 Å². The first-order valence-electron chi connectivity index (χ1n) is 9.24. The maximum absolute atomic E-state index is 13.4. The topological polar surface area (TPSA) is 60.1 Å². The number of nitrogens with zero attached hydrogens (tertiary/aromatic N) is 4. The zero-order chi connectivity index (χ0) is 21.0. The van der Waals surface area contributed by atoms with E-state index in [-0.39, 0.29) is 23.2 Å². The molecular weight excluding hydrogens is 411 g/mol. The summed E-state index contributed by atoms with van der Waals surface area (Å²) in [7, 11) is 1.61. The third kappa shape index (κ3) is 3.07. The highest BCUT2D eigenvalue weighted by atomic mass is 35.5. The van der Waals surface area contributed by atoms with Crippen molar-refractivity contribution in [3.8, 4) is 0 Å². The first-order chi connectivity index (χ1) is 13.7. The number of aryl methyl sites for hydroxylation is 2. The Morgan fingerprint density at radius 2 is 1.72 bits per heavy atom. The van der Waals surface area contributed by atoms with E-state index in [9.17, 15) is 9.59 Å². The van der Waals surface area contributed by atoms with Crippen molar-refractivity contribution >= 4 is 34.8 Å². The molecule has 0 fully saturated rings. The lowest BCUT2D eigenvalue weighted by molar-refractivity contribution is 0.0989. The van der Waals surface area contributed by atoms with Gasteiger partial charge in [0.05, 0.1) is 10.7 Å². The van der Waals surface area contributed by atoms with Gasteiger partial charge in [-0.15, -0.1) is 0 Å². The minimum absolute atomic E-state index is 0.0935. The third-order valence-electron chi connectivity index (χ3n) is 5.16. The van der Waals surface area contributed by atoms with E-state index in [1.54, 1.807) is 19.2 Å². The quantitative estimate of drug-likeness (QED) is 0.613. The summed E-state index contributed by atoms with van der Waals surface area (Å²) < 4.78 is 3.42. The molecule has 1 amide bonds. The number of halogens is 2. The molecule has 0 N–H and O–H groups in total. The Hall–Kier alpha value is -2.57. The molecule has 150 valence electrons. The monoisotopic (exact) mass is 430 g/mol. The highest BCUT2D eigenvalue weighted by Gasteiger charge is 2.45. The molecule has 0 saturated heterocycles. The SMILES string of the molecule is Cc1nc2c(n1C(C)C)C(c1ccc(Cl)cc1)N(c1cc(Cl)cn(C)c1=O)C2=O. The number of aromatic nitrogens is 3. The highest BCUT2D eigenvalue weighted by Crippen LogP contribution is 2.42. The average molecular weight is 431 g/mol. The lowest BCUT2D eigenvalue weighted by Crippen LogP contribution is -2.36. The molecule has 1 aliphatic rings. The predicted octanol–water partition coefficient (Wildman–Crippen LogP) is 4.53. The fraction of sp³-hybridized carbons (Fsp3) is 0.286. The number of fused-ring (bicyclic) bond motifs is 1. The van der Waals surface area contributed by atoms with Gasteiger partial charge in [-0.25, -0.2) is 4.98 Å². The fourth-order valence-electron chi connectivity index (χ4n) is 4.01. The van der Waals surface area contributed by atoms with E-state index in [4.69, 9.17) is 23.2 Å². The molecule has 3 aromatic rings. The van der Waals surface area contributed by atoms with Gasteiger partial charge in [-0.2, -0.15) is 0 Å². The van der Waals surface area contributed by atoms with Crippen LogP contribution in [0, 0.1) is 6.92 Å². The second-order valence-electron chi connectivity index (χ2n) is 7.45. The largest absolute Gasteiger partial charge is 0.327 e. The Labute approximate surface area is 178 Å². The molecular formula is C21H20Cl2N4O2. The van der Waals surface area contributed by atoms with Crippen LogP contribution in [-0.2, 0) is 7.05 Å². The van der Waals surface area contributed by atoms with E-state index in [1.165, 1.54) is 21.7 Å². The molecule has 1 aromatic carbocycles. The van der Waals surface area contributed by atoms with Gasteiger partial charge < -0.3 is 9.13 Å². The van der Waals surface area contributed by atoms with Crippen LogP contribution in [0.2, 0.25) is 10.0 Å². The Kier molecular flexibility index (Phi) is 4.79. The van der Waals surface area contributed by atoms with Crippen molar-refractivity contribution in [1.82, 2.24) is 14.1 Å². The van der Waals surface area contributed by atoms with Crippen LogP contribution in [0.1, 0.15) is 53.5 Å². The van der Waals surface area contributed by atoms with Crippen LogP contribution in [0.4, 0.5) is 5.69 Å². The average Bonchev–Trinajstić information content (AvgIpc) is 3.12. The Morgan fingerprint density at radius 3 is 2.34 bits per heavy atom. The van der Waals surface area contributed by atoms with Crippen LogP contribution in [-0.4, -0.2) is 20.0 Å². The van der Waals surface area contributed by atoms with Gasteiger partial charge in [-0.1, -0.05) is 35.3 Å². The van der Waals surface area contributed by atoms with Gasteiger partial charge in [-0.05, 0) is 44.5 Å². The standard InChI is InChI=1S/C21H20Cl2N4O2/c1-11(2)26-12(3)24-17-19(26)18(13-5-7-14(22)8-6-13)27(21(17)29)16-9-15(23)10-25(4)20(16)28/h5-11,18H,1-4H3. The van der Waals surface area contributed by atoms with Crippen molar-refractivity contribution < 1.29 is 4.79 Å². The zero-order valence-electron chi connectivity index (χ0n) is 16.5. The predicted molar refractivity (Wildman–Crippen MR) is 114 cm³/mol. The summed E-state index contributed by atoms with van der Waals surface area (Å²) in [5.74, 6) is 0.442. The number of hydrogen-bond acceptors (Lipinski definition) is 3. The lowest BCUT2D eigenvalue weighted by Gasteiger charge is -2.28. The van der Waals surface area contributed by atoms with Crippen LogP contribution >= 0.6 is 23.2 Å². The third-order valence-corrected chi connectivity index (χ3v) is 5.61. The molecule has 6 nitrogen and oxygen atoms in total. The van der Waals surface area contributed by atoms with Crippen LogP contribution in [0.3, 0.4) is 0 Å². The molecule has 0 radical (unpaired) electrons. The van der Waals surface area contributed by atoms with E-state index in [2.05, 4.69) is 4.98 Å². The van der Waals surface area contributed by atoms with Crippen molar-refractivity contribution in [2.75, 3.05) is 4.90 Å². The minimum Gasteiger partial charge on any atom is -0.327 e. The highest BCUT2D eigenvalue weighted by molar-refractivity contribution is 6.31. The molecule has 0 bridgehead atoms. The maximum Gasteiger partial charge on any atom is 0.279 e. The van der Waals surface area contributed by atoms with Gasteiger partial charge >= 0.3 is 0 Å². The summed E-state index contributed by atoms with van der Waals surface area (Å²) in [4.78, 5) is 32.4. The molecule has 3 heterocycles. The Balaban J connectivity index is 2.02. The summed E-state index contributed by atoms with van der Waals surface area (Å²) >= 11 is 12.3. The van der Waals surface area contributed by atoms with E-state index in [0.717, 1.165) is 17.1 Å². The van der Waals surface area contributed by atoms with Gasteiger partial charge in [0.1, 0.15) is 17.6 Å². The number of imidazole rings is 1. The van der Waals surface area contributed by atoms with Crippen LogP contribution in [0.5, 0.6) is 0 Å². The van der Waals surface area contributed by atoms with Crippen molar-refractivity contribution in [3.05, 3.63) is 79.7 Å². The summed E-state index contributed by atoms with van der Waals surface area (Å²) in [5, 5.41) is 0.967. The number of carbonyl (C=O) groups excluding carboxylic acids is 1. The van der Waals surface area contributed by atoms with Crippen molar-refractivity contribution in [1.29, 1.82) is 0 Å². The lowest BCUT2D eigenvalue weighted by atomic mass is 10.0. The van der Waals surface area contributed by atoms with Crippen molar-refractivity contribution in [2.24, 2.45) is 7.05 Å². The molecule has 0 spiro atoms. The summed E-state index contributed by atoms with van der Waals surface area (Å²) in [6.07, 6.45) is 1.52. The fourth-order valence-corrected chi connectivity index (χ4v) is 4.39. The second kappa shape index (κ2) is 7.04. The molecule has 1 atom stereocenters. The number of anilines is 1. The maximum atomic E-state index is 13.4. The molecule has 0 aliphatic carbocycles. The van der Waals surface area contributed by atoms with Crippen LogP contribution < -0.4 is 10.5 Å². The number of carbonyl (C=O) groups is 1. The molecule has 1 aliphatic heterocycles. The molecule has 0 saturated carbocycles. The molecule has 4 rings (SSSR count). The van der Waals surface area contributed by atoms with Gasteiger partial charge in [0.25, 0.3) is 11.5 Å². The Morgan fingerprint density at radius 1 is 1.07 bits per heavy atom. The van der Waals surface area contributed by atoms with E-state index in [1.807, 2.05) is 37.5 Å². The molecule has 2 aromatic heterocycles. The van der Waals surface area contributed by atoms with E-state index in [0.29, 0.717) is 15.7 Å². The number of pyridine rings is 1. The molecule has 29 heavy (non-hydrogen) atoms. The summed E-state index contributed by atoms with van der Waals surface area (Å²) in [6.45, 7) is 5.96. The first-order valence-corrected chi connectivity index (χ1v) is 10.00. The van der Waals surface area contributed by atoms with Crippen molar-refractivity contribution in [3.63, 3.8) is 0 Å². The number of benzene rings is 1. The normalized spacial score (nSPS) is 16.0. The second-order valence-corrected chi connectivity index (χ2v) is 8.32. The van der Waals surface area contributed by atoms with Gasteiger partial charge in [0, 0.05) is 24.3 Å². The molecule has 1 unspecified atom stereocenters. The van der Waals surface area contributed by atoms with Gasteiger partial charge in [-0.3, -0.25) is 14.5 Å². The van der Waals surface area contributed by atoms with Crippen LogP contribution in [0.25, 0.3) is 0 Å². The van der Waals surface area contributed by atoms with E-state index >= 15 is 0 Å². The molecule has 8 heteroatoms. The summed E-state index contributed by atoms with van der Waals surface area (Å²) in [6, 6.07) is 8.39. The first kappa shape index (κ1) is 19.7. The van der Waals surface area contributed by atoms with Crippen LogP contribution in [0.15, 0.2) is 41.3 Å². The number of rotatable bonds is 3. The minimum atomic E-state index is -0.510. The zero-order valence-corrected chi connectivity index (χ0v) is 18.0. The van der Waals surface area contributed by atoms with E-state index < -0.39 is 6.04 Å². The van der Waals surface area contributed by atoms with Crippen molar-refractivity contribution in [2.45, 2.75) is 32.9 Å². The summed E-state index contributed by atoms with van der Waals surface area (Å²) in [5.41, 5.74) is 1.88. The van der Waals surface area contributed by atoms with Gasteiger partial charge in [0.2, 0.25) is 0 Å². The number of hydrogen-bond donors (Lipinski definition) is 0. The smallest absolute Gasteiger partial charge is 0.279 e. The number of amides is 1.